The second-order valence-corrected chi connectivity index (χ2v) is 5.05. The largest absolute Gasteiger partial charge is 0.409 e. The summed E-state index contributed by atoms with van der Waals surface area (Å²) in [7, 11) is 0. The van der Waals surface area contributed by atoms with E-state index in [1.807, 2.05) is 0 Å². The molecule has 0 spiro atoms. The van der Waals surface area contributed by atoms with Crippen LogP contribution in [0.15, 0.2) is 0 Å². The van der Waals surface area contributed by atoms with Crippen LogP contribution >= 0.6 is 0 Å². The van der Waals surface area contributed by atoms with Gasteiger partial charge in [-0.1, -0.05) is 6.42 Å². The second kappa shape index (κ2) is 6.19. The first-order valence-corrected chi connectivity index (χ1v) is 6.18. The molecular formula is C11H16F6N2O. The van der Waals surface area contributed by atoms with Crippen molar-refractivity contribution in [2.24, 2.45) is 17.6 Å². The number of hydrogen-bond acceptors (Lipinski definition) is 2. The van der Waals surface area contributed by atoms with E-state index in [-0.39, 0.29) is 18.5 Å². The Bertz CT molecular complexity index is 327. The molecule has 0 bridgehead atoms. The van der Waals surface area contributed by atoms with Crippen LogP contribution in [0.4, 0.5) is 26.3 Å². The topological polar surface area (TPSA) is 55.1 Å². The van der Waals surface area contributed by atoms with Crippen molar-refractivity contribution in [3.63, 3.8) is 0 Å². The summed E-state index contributed by atoms with van der Waals surface area (Å²) in [5, 5.41) is 1.75. The van der Waals surface area contributed by atoms with Crippen LogP contribution in [0.1, 0.15) is 25.7 Å². The summed E-state index contributed by atoms with van der Waals surface area (Å²) in [5.41, 5.74) is 5.66. The molecule has 1 aliphatic rings. The molecule has 0 aromatic carbocycles. The SMILES string of the molecule is NC1CCCC(CNC(=O)C(C(F)(F)F)C(F)(F)F)C1. The van der Waals surface area contributed by atoms with Gasteiger partial charge in [-0.05, 0) is 25.2 Å². The Morgan fingerprint density at radius 3 is 2.15 bits per heavy atom. The Hall–Kier alpha value is -0.990. The van der Waals surface area contributed by atoms with Gasteiger partial charge in [0, 0.05) is 12.6 Å². The first-order chi connectivity index (χ1) is 9.01. The van der Waals surface area contributed by atoms with E-state index < -0.39 is 24.2 Å². The molecule has 1 fully saturated rings. The molecule has 3 nitrogen and oxygen atoms in total. The van der Waals surface area contributed by atoms with Gasteiger partial charge < -0.3 is 11.1 Å². The summed E-state index contributed by atoms with van der Waals surface area (Å²) >= 11 is 0. The second-order valence-electron chi connectivity index (χ2n) is 5.05. The molecule has 118 valence electrons. The van der Waals surface area contributed by atoms with Gasteiger partial charge in [-0.15, -0.1) is 0 Å². The van der Waals surface area contributed by atoms with Gasteiger partial charge in [-0.2, -0.15) is 26.3 Å². The number of carbonyl (C=O) groups is 1. The quantitative estimate of drug-likeness (QED) is 0.787. The van der Waals surface area contributed by atoms with E-state index >= 15 is 0 Å². The van der Waals surface area contributed by atoms with Crippen molar-refractivity contribution < 1.29 is 31.1 Å². The number of nitrogens with one attached hydrogen (secondary N) is 1. The molecule has 20 heavy (non-hydrogen) atoms. The summed E-state index contributed by atoms with van der Waals surface area (Å²) in [4.78, 5) is 11.2. The summed E-state index contributed by atoms with van der Waals surface area (Å²) in [6.45, 7) is -0.213. The van der Waals surface area contributed by atoms with Gasteiger partial charge in [-0.3, -0.25) is 4.79 Å². The molecule has 0 aromatic heterocycles. The molecule has 0 radical (unpaired) electrons. The Morgan fingerprint density at radius 1 is 1.15 bits per heavy atom. The maximum atomic E-state index is 12.3. The molecule has 0 aromatic rings. The van der Waals surface area contributed by atoms with Crippen molar-refractivity contribution in [3.05, 3.63) is 0 Å². The summed E-state index contributed by atoms with van der Waals surface area (Å²) in [6, 6.07) is -0.119. The van der Waals surface area contributed by atoms with Crippen molar-refractivity contribution in [1.82, 2.24) is 5.32 Å². The van der Waals surface area contributed by atoms with E-state index in [1.54, 1.807) is 5.32 Å². The van der Waals surface area contributed by atoms with Crippen molar-refractivity contribution >= 4 is 5.91 Å². The fraction of sp³-hybridized carbons (Fsp3) is 0.909. The third-order valence-electron chi connectivity index (χ3n) is 3.31. The number of carbonyl (C=O) groups excluding carboxylic acids is 1. The lowest BCUT2D eigenvalue weighted by Crippen LogP contribution is -2.49. The number of alkyl halides is 6. The molecular weight excluding hydrogens is 290 g/mol. The first kappa shape index (κ1) is 17.1. The normalized spacial score (nSPS) is 24.8. The zero-order chi connectivity index (χ0) is 15.6. The monoisotopic (exact) mass is 306 g/mol. The number of hydrogen-bond donors (Lipinski definition) is 2. The number of nitrogens with two attached hydrogens (primary N) is 1. The van der Waals surface area contributed by atoms with Crippen molar-refractivity contribution in [2.45, 2.75) is 44.1 Å². The lowest BCUT2D eigenvalue weighted by molar-refractivity contribution is -0.274. The highest BCUT2D eigenvalue weighted by Crippen LogP contribution is 2.39. The molecule has 1 saturated carbocycles. The number of rotatable bonds is 3. The van der Waals surface area contributed by atoms with E-state index in [0.29, 0.717) is 12.8 Å². The average molecular weight is 306 g/mol. The summed E-state index contributed by atoms with van der Waals surface area (Å²) in [5.74, 6) is -6.21. The summed E-state index contributed by atoms with van der Waals surface area (Å²) < 4.78 is 73.8. The lowest BCUT2D eigenvalue weighted by atomic mass is 9.86. The zero-order valence-electron chi connectivity index (χ0n) is 10.5. The van der Waals surface area contributed by atoms with Crippen LogP contribution in [0, 0.1) is 11.8 Å². The zero-order valence-corrected chi connectivity index (χ0v) is 10.5. The van der Waals surface area contributed by atoms with Gasteiger partial charge in [0.2, 0.25) is 11.8 Å². The van der Waals surface area contributed by atoms with Gasteiger partial charge in [0.15, 0.2) is 0 Å². The van der Waals surface area contributed by atoms with E-state index in [1.165, 1.54) is 0 Å². The lowest BCUT2D eigenvalue weighted by Gasteiger charge is -2.28. The summed E-state index contributed by atoms with van der Waals surface area (Å²) in [6.07, 6.45) is -8.64. The van der Waals surface area contributed by atoms with Crippen LogP contribution in [0.25, 0.3) is 0 Å². The van der Waals surface area contributed by atoms with Crippen LogP contribution in [-0.2, 0) is 4.79 Å². The molecule has 1 amide bonds. The van der Waals surface area contributed by atoms with Gasteiger partial charge >= 0.3 is 12.4 Å². The number of halogens is 6. The highest BCUT2D eigenvalue weighted by Gasteiger charge is 2.61. The van der Waals surface area contributed by atoms with Crippen LogP contribution in [0.3, 0.4) is 0 Å². The Morgan fingerprint density at radius 2 is 1.70 bits per heavy atom. The smallest absolute Gasteiger partial charge is 0.355 e. The van der Waals surface area contributed by atoms with Crippen molar-refractivity contribution in [3.8, 4) is 0 Å². The van der Waals surface area contributed by atoms with Gasteiger partial charge in [0.05, 0.1) is 0 Å². The molecule has 1 rings (SSSR count). The minimum absolute atomic E-state index is 0.119. The van der Waals surface area contributed by atoms with E-state index in [9.17, 15) is 31.1 Å². The third kappa shape index (κ3) is 4.84. The Balaban J connectivity index is 2.59. The fourth-order valence-electron chi connectivity index (χ4n) is 2.35. The van der Waals surface area contributed by atoms with Gasteiger partial charge in [0.1, 0.15) is 0 Å². The predicted octanol–water partition coefficient (Wildman–Crippen LogP) is 2.36. The molecule has 2 atom stereocenters. The van der Waals surface area contributed by atoms with Crippen molar-refractivity contribution in [2.75, 3.05) is 6.54 Å². The predicted molar refractivity (Wildman–Crippen MR) is 58.5 cm³/mol. The van der Waals surface area contributed by atoms with Crippen LogP contribution in [-0.4, -0.2) is 30.8 Å². The molecule has 2 unspecified atom stereocenters. The average Bonchev–Trinajstić information content (AvgIpc) is 2.22. The van der Waals surface area contributed by atoms with E-state index in [0.717, 1.165) is 12.8 Å². The maximum absolute atomic E-state index is 12.3. The van der Waals surface area contributed by atoms with Gasteiger partial charge in [-0.25, -0.2) is 0 Å². The van der Waals surface area contributed by atoms with Crippen LogP contribution in [0.5, 0.6) is 0 Å². The van der Waals surface area contributed by atoms with Crippen LogP contribution < -0.4 is 11.1 Å². The molecule has 1 aliphatic carbocycles. The fourth-order valence-corrected chi connectivity index (χ4v) is 2.35. The molecule has 9 heteroatoms. The molecule has 0 saturated heterocycles. The Labute approximate surface area is 111 Å². The highest BCUT2D eigenvalue weighted by atomic mass is 19.4. The van der Waals surface area contributed by atoms with E-state index in [4.69, 9.17) is 5.73 Å². The van der Waals surface area contributed by atoms with Gasteiger partial charge in [0.25, 0.3) is 0 Å². The molecule has 3 N–H and O–H groups in total. The number of amides is 1. The highest BCUT2D eigenvalue weighted by molar-refractivity contribution is 5.80. The Kier molecular flexibility index (Phi) is 5.28. The standard InChI is InChI=1S/C11H16F6N2O/c12-10(13,14)8(11(15,16)17)9(20)19-5-6-2-1-3-7(18)4-6/h6-8H,1-5,18H2,(H,19,20). The minimum atomic E-state index is -5.65. The molecule has 0 aliphatic heterocycles. The third-order valence-corrected chi connectivity index (χ3v) is 3.31. The molecule has 0 heterocycles. The van der Waals surface area contributed by atoms with Crippen molar-refractivity contribution in [1.29, 1.82) is 0 Å². The van der Waals surface area contributed by atoms with Crippen LogP contribution in [0.2, 0.25) is 0 Å². The maximum Gasteiger partial charge on any atom is 0.409 e. The minimum Gasteiger partial charge on any atom is -0.355 e. The van der Waals surface area contributed by atoms with E-state index in [2.05, 4.69) is 0 Å². The first-order valence-electron chi connectivity index (χ1n) is 6.18.